The predicted molar refractivity (Wildman–Crippen MR) is 84.2 cm³/mol. The molecule has 1 aliphatic carbocycles. The lowest BCUT2D eigenvalue weighted by Crippen LogP contribution is -2.81. The minimum absolute atomic E-state index is 0.0567. The van der Waals surface area contributed by atoms with Gasteiger partial charge >= 0.3 is 0 Å². The van der Waals surface area contributed by atoms with E-state index in [1.807, 2.05) is 0 Å². The smallest absolute Gasteiger partial charge is 0.0690 e. The molecule has 0 aromatic carbocycles. The molecule has 0 bridgehead atoms. The zero-order valence-corrected chi connectivity index (χ0v) is 13.7. The highest BCUT2D eigenvalue weighted by molar-refractivity contribution is 5.21. The highest BCUT2D eigenvalue weighted by atomic mass is 16.5. The summed E-state index contributed by atoms with van der Waals surface area (Å²) in [5, 5.41) is 0. The predicted octanol–water partition coefficient (Wildman–Crippen LogP) is 1.30. The van der Waals surface area contributed by atoms with Crippen LogP contribution < -0.4 is 5.73 Å². The molecule has 4 heteroatoms. The maximum atomic E-state index is 6.97. The molecule has 4 unspecified atom stereocenters. The van der Waals surface area contributed by atoms with E-state index in [4.69, 9.17) is 10.5 Å². The van der Waals surface area contributed by atoms with Crippen LogP contribution in [0, 0.1) is 11.3 Å². The van der Waals surface area contributed by atoms with Crippen molar-refractivity contribution >= 4 is 0 Å². The van der Waals surface area contributed by atoms with Crippen molar-refractivity contribution in [1.29, 1.82) is 0 Å². The van der Waals surface area contributed by atoms with E-state index in [2.05, 4.69) is 23.6 Å². The van der Waals surface area contributed by atoms with E-state index in [1.54, 1.807) is 0 Å². The molecule has 4 nitrogen and oxygen atoms in total. The number of piperazine rings is 1. The molecule has 4 fully saturated rings. The Bertz CT molecular complexity index is 413. The molecule has 4 rings (SSSR count). The Balaban J connectivity index is 1.45. The first kappa shape index (κ1) is 14.4. The molecule has 1 saturated carbocycles. The zero-order valence-electron chi connectivity index (χ0n) is 13.7. The van der Waals surface area contributed by atoms with Gasteiger partial charge in [0.15, 0.2) is 0 Å². The van der Waals surface area contributed by atoms with E-state index in [-0.39, 0.29) is 11.0 Å². The van der Waals surface area contributed by atoms with E-state index in [1.165, 1.54) is 51.9 Å². The van der Waals surface area contributed by atoms with Crippen LogP contribution in [0.15, 0.2) is 0 Å². The van der Waals surface area contributed by atoms with Crippen LogP contribution in [0.3, 0.4) is 0 Å². The number of ether oxygens (including phenoxy) is 1. The van der Waals surface area contributed by atoms with E-state index < -0.39 is 0 Å². The van der Waals surface area contributed by atoms with Crippen molar-refractivity contribution in [1.82, 2.24) is 9.80 Å². The second-order valence-electron chi connectivity index (χ2n) is 8.37. The minimum Gasteiger partial charge on any atom is -0.377 e. The molecular formula is C17H31N3O. The fourth-order valence-electron chi connectivity index (χ4n) is 5.56. The third-order valence-corrected chi connectivity index (χ3v) is 7.05. The first-order chi connectivity index (χ1) is 10.0. The molecule has 0 aromatic heterocycles. The summed E-state index contributed by atoms with van der Waals surface area (Å²) in [4.78, 5) is 5.33. The highest BCUT2D eigenvalue weighted by Gasteiger charge is 2.66. The third-order valence-electron chi connectivity index (χ3n) is 7.05. The lowest BCUT2D eigenvalue weighted by atomic mass is 9.46. The number of hydrogen-bond donors (Lipinski definition) is 1. The average Bonchev–Trinajstić information content (AvgIpc) is 2.94. The summed E-state index contributed by atoms with van der Waals surface area (Å²) in [6.07, 6.45) is 5.60. The Morgan fingerprint density at radius 3 is 2.86 bits per heavy atom. The van der Waals surface area contributed by atoms with E-state index in [9.17, 15) is 0 Å². The number of nitrogens with zero attached hydrogens (tertiary/aromatic N) is 2. The molecule has 3 aliphatic heterocycles. The molecule has 4 aliphatic rings. The quantitative estimate of drug-likeness (QED) is 0.833. The van der Waals surface area contributed by atoms with Gasteiger partial charge in [0, 0.05) is 55.7 Å². The first-order valence-electron chi connectivity index (χ1n) is 8.89. The van der Waals surface area contributed by atoms with Gasteiger partial charge in [-0.3, -0.25) is 9.80 Å². The number of hydrogen-bond acceptors (Lipinski definition) is 4. The van der Waals surface area contributed by atoms with E-state index in [0.29, 0.717) is 12.0 Å². The van der Waals surface area contributed by atoms with Crippen molar-refractivity contribution in [3.8, 4) is 0 Å². The fourth-order valence-corrected chi connectivity index (χ4v) is 5.56. The van der Waals surface area contributed by atoms with Crippen molar-refractivity contribution in [3.63, 3.8) is 0 Å². The Morgan fingerprint density at radius 2 is 2.00 bits per heavy atom. The minimum atomic E-state index is -0.0567. The van der Waals surface area contributed by atoms with Crippen LogP contribution in [0.5, 0.6) is 0 Å². The summed E-state index contributed by atoms with van der Waals surface area (Å²) in [6.45, 7) is 11.6. The largest absolute Gasteiger partial charge is 0.377 e. The van der Waals surface area contributed by atoms with Crippen molar-refractivity contribution < 1.29 is 4.74 Å². The number of fused-ring (bicyclic) bond motifs is 2. The number of rotatable bonds is 2. The summed E-state index contributed by atoms with van der Waals surface area (Å²) in [6, 6.07) is 0.795. The summed E-state index contributed by atoms with van der Waals surface area (Å²) >= 11 is 0. The van der Waals surface area contributed by atoms with Crippen LogP contribution in [0.2, 0.25) is 0 Å². The third kappa shape index (κ3) is 2.03. The van der Waals surface area contributed by atoms with Gasteiger partial charge in [0.2, 0.25) is 0 Å². The van der Waals surface area contributed by atoms with Crippen LogP contribution in [0.4, 0.5) is 0 Å². The SMILES string of the molecule is CC1(C)C2OCCCC2C1(N)CN1CCN2CCCC2C1. The maximum absolute atomic E-state index is 6.97. The molecule has 120 valence electrons. The maximum Gasteiger partial charge on any atom is 0.0690 e. The second-order valence-corrected chi connectivity index (χ2v) is 8.37. The lowest BCUT2D eigenvalue weighted by molar-refractivity contribution is -0.233. The highest BCUT2D eigenvalue weighted by Crippen LogP contribution is 2.57. The second kappa shape index (κ2) is 4.92. The van der Waals surface area contributed by atoms with E-state index >= 15 is 0 Å². The standard InChI is InChI=1S/C17H31N3O/c1-16(2)15-14(6-4-10-21-15)17(16,18)12-19-8-9-20-7-3-5-13(20)11-19/h13-15H,3-12,18H2,1-2H3. The Kier molecular flexibility index (Phi) is 3.38. The molecule has 0 spiro atoms. The van der Waals surface area contributed by atoms with Gasteiger partial charge in [-0.2, -0.15) is 0 Å². The van der Waals surface area contributed by atoms with Gasteiger partial charge in [-0.1, -0.05) is 13.8 Å². The number of nitrogens with two attached hydrogens (primary N) is 1. The van der Waals surface area contributed by atoms with Crippen LogP contribution in [-0.4, -0.2) is 66.8 Å². The first-order valence-corrected chi connectivity index (χ1v) is 8.89. The van der Waals surface area contributed by atoms with Crippen LogP contribution in [-0.2, 0) is 4.74 Å². The molecule has 0 aromatic rings. The zero-order chi connectivity index (χ0) is 14.7. The topological polar surface area (TPSA) is 41.7 Å². The van der Waals surface area contributed by atoms with Crippen LogP contribution in [0.25, 0.3) is 0 Å². The summed E-state index contributed by atoms with van der Waals surface area (Å²) in [5.41, 5.74) is 7.03. The van der Waals surface area contributed by atoms with Gasteiger partial charge < -0.3 is 10.5 Å². The van der Waals surface area contributed by atoms with Gasteiger partial charge in [-0.15, -0.1) is 0 Å². The summed E-state index contributed by atoms with van der Waals surface area (Å²) in [5.74, 6) is 0.572. The molecule has 4 atom stereocenters. The average molecular weight is 293 g/mol. The summed E-state index contributed by atoms with van der Waals surface area (Å²) < 4.78 is 6.04. The van der Waals surface area contributed by atoms with Gasteiger partial charge in [0.1, 0.15) is 0 Å². The fraction of sp³-hybridized carbons (Fsp3) is 1.00. The van der Waals surface area contributed by atoms with Crippen molar-refractivity contribution in [2.24, 2.45) is 17.1 Å². The van der Waals surface area contributed by atoms with Crippen molar-refractivity contribution in [2.45, 2.75) is 57.2 Å². The van der Waals surface area contributed by atoms with Gasteiger partial charge in [-0.05, 0) is 32.2 Å². The molecule has 0 radical (unpaired) electrons. The van der Waals surface area contributed by atoms with Crippen molar-refractivity contribution in [3.05, 3.63) is 0 Å². The monoisotopic (exact) mass is 293 g/mol. The van der Waals surface area contributed by atoms with E-state index in [0.717, 1.165) is 19.2 Å². The van der Waals surface area contributed by atoms with Gasteiger partial charge in [0.05, 0.1) is 6.10 Å². The normalized spacial score (nSPS) is 46.7. The van der Waals surface area contributed by atoms with Gasteiger partial charge in [0.25, 0.3) is 0 Å². The molecule has 3 saturated heterocycles. The van der Waals surface area contributed by atoms with Crippen LogP contribution >= 0.6 is 0 Å². The Morgan fingerprint density at radius 1 is 1.14 bits per heavy atom. The van der Waals surface area contributed by atoms with Crippen LogP contribution in [0.1, 0.15) is 39.5 Å². The van der Waals surface area contributed by atoms with Crippen molar-refractivity contribution in [2.75, 3.05) is 39.3 Å². The van der Waals surface area contributed by atoms with Gasteiger partial charge in [-0.25, -0.2) is 0 Å². The summed E-state index contributed by atoms with van der Waals surface area (Å²) in [7, 11) is 0. The molecule has 2 N–H and O–H groups in total. The molecule has 0 amide bonds. The molecule has 21 heavy (non-hydrogen) atoms. The lowest BCUT2D eigenvalue weighted by Gasteiger charge is -2.67. The molecule has 3 heterocycles. The molecular weight excluding hydrogens is 262 g/mol. The Labute approximate surface area is 129 Å². The Hall–Kier alpha value is -0.160.